The highest BCUT2D eigenvalue weighted by atomic mass is 14.3. The quantitative estimate of drug-likeness (QED) is 0.242. The van der Waals surface area contributed by atoms with Crippen molar-refractivity contribution >= 4 is 0 Å². The van der Waals surface area contributed by atoms with Crippen LogP contribution in [-0.4, -0.2) is 0 Å². The van der Waals surface area contributed by atoms with Gasteiger partial charge in [0.25, 0.3) is 0 Å². The van der Waals surface area contributed by atoms with Crippen LogP contribution < -0.4 is 0 Å². The van der Waals surface area contributed by atoms with Crippen LogP contribution in [0.3, 0.4) is 0 Å². The second kappa shape index (κ2) is 27.0. The summed E-state index contributed by atoms with van der Waals surface area (Å²) in [6.07, 6.45) is 19.9. The van der Waals surface area contributed by atoms with Crippen molar-refractivity contribution in [2.75, 3.05) is 0 Å². The SMILES string of the molecule is CC.CCC.CCCCC(CCCC)C(CC(C)C)C(CCCC)CCCC. The fraction of sp³-hybridized carbons (Fsp3) is 1.00. The molecule has 0 heteroatoms. The zero-order valence-corrected chi connectivity index (χ0v) is 22.2. The summed E-state index contributed by atoms with van der Waals surface area (Å²) in [7, 11) is 0. The van der Waals surface area contributed by atoms with Crippen molar-refractivity contribution in [2.24, 2.45) is 23.7 Å². The van der Waals surface area contributed by atoms with E-state index in [0.717, 1.165) is 23.7 Å². The topological polar surface area (TPSA) is 0 Å². The summed E-state index contributed by atoms with van der Waals surface area (Å²) >= 11 is 0. The molecule has 0 atom stereocenters. The van der Waals surface area contributed by atoms with Gasteiger partial charge in [-0.05, 0) is 30.1 Å². The molecule has 0 aliphatic heterocycles. The minimum Gasteiger partial charge on any atom is -0.0683 e. The molecule has 0 bridgehead atoms. The Morgan fingerprint density at radius 1 is 0.500 bits per heavy atom. The first kappa shape index (κ1) is 32.7. The van der Waals surface area contributed by atoms with Crippen molar-refractivity contribution in [3.63, 3.8) is 0 Å². The molecule has 0 fully saturated rings. The van der Waals surface area contributed by atoms with E-state index in [1.807, 2.05) is 13.8 Å². The molecule has 0 saturated carbocycles. The largest absolute Gasteiger partial charge is 0.0683 e. The molecule has 28 heavy (non-hydrogen) atoms. The summed E-state index contributed by atoms with van der Waals surface area (Å²) in [6.45, 7) is 22.6. The maximum atomic E-state index is 2.44. The van der Waals surface area contributed by atoms with Gasteiger partial charge >= 0.3 is 0 Å². The Hall–Kier alpha value is 0. The Morgan fingerprint density at radius 2 is 0.750 bits per heavy atom. The van der Waals surface area contributed by atoms with Gasteiger partial charge in [-0.2, -0.15) is 0 Å². The van der Waals surface area contributed by atoms with E-state index < -0.39 is 0 Å². The van der Waals surface area contributed by atoms with Gasteiger partial charge in [0.1, 0.15) is 0 Å². The first-order valence-corrected chi connectivity index (χ1v) is 13.5. The molecule has 0 aromatic heterocycles. The van der Waals surface area contributed by atoms with Crippen LogP contribution >= 0.6 is 0 Å². The maximum Gasteiger partial charge on any atom is -0.0355 e. The van der Waals surface area contributed by atoms with E-state index in [4.69, 9.17) is 0 Å². The highest BCUT2D eigenvalue weighted by Gasteiger charge is 2.28. The van der Waals surface area contributed by atoms with Gasteiger partial charge in [-0.3, -0.25) is 0 Å². The zero-order chi connectivity index (χ0) is 22.2. The van der Waals surface area contributed by atoms with Gasteiger partial charge in [0.05, 0.1) is 0 Å². The maximum absolute atomic E-state index is 2.44. The average Bonchev–Trinajstić information content (AvgIpc) is 2.69. The fourth-order valence-electron chi connectivity index (χ4n) is 4.32. The van der Waals surface area contributed by atoms with Crippen LogP contribution in [0.15, 0.2) is 0 Å². The summed E-state index contributed by atoms with van der Waals surface area (Å²) in [4.78, 5) is 0. The predicted octanol–water partition coefficient (Wildman–Crippen LogP) is 11.1. The number of hydrogen-bond donors (Lipinski definition) is 0. The molecule has 174 valence electrons. The van der Waals surface area contributed by atoms with E-state index in [1.54, 1.807) is 0 Å². The molecule has 0 heterocycles. The third-order valence-electron chi connectivity index (χ3n) is 5.67. The van der Waals surface area contributed by atoms with Gasteiger partial charge < -0.3 is 0 Å². The third-order valence-corrected chi connectivity index (χ3v) is 5.67. The van der Waals surface area contributed by atoms with Gasteiger partial charge in [-0.1, -0.05) is 153 Å². The second-order valence-corrected chi connectivity index (χ2v) is 9.09. The second-order valence-electron chi connectivity index (χ2n) is 9.09. The lowest BCUT2D eigenvalue weighted by Crippen LogP contribution is -2.26. The van der Waals surface area contributed by atoms with E-state index in [2.05, 4.69) is 55.4 Å². The summed E-state index contributed by atoms with van der Waals surface area (Å²) in [6, 6.07) is 0. The summed E-state index contributed by atoms with van der Waals surface area (Å²) < 4.78 is 0. The molecule has 0 rings (SSSR count). The minimum absolute atomic E-state index is 0.858. The number of rotatable bonds is 16. The molecule has 0 aromatic rings. The third kappa shape index (κ3) is 20.7. The lowest BCUT2D eigenvalue weighted by Gasteiger charge is -2.36. The number of hydrogen-bond acceptors (Lipinski definition) is 0. The summed E-state index contributed by atoms with van der Waals surface area (Å²) in [5.41, 5.74) is 0. The minimum atomic E-state index is 0.858. The molecule has 0 unspecified atom stereocenters. The van der Waals surface area contributed by atoms with Crippen molar-refractivity contribution in [2.45, 2.75) is 159 Å². The van der Waals surface area contributed by atoms with Crippen molar-refractivity contribution in [3.8, 4) is 0 Å². The standard InChI is InChI=1S/C23H48.C3H8.C2H6/c1-7-11-15-21(16-12-8-2)23(19-20(5)6)22(17-13-9-3)18-14-10-4;1-3-2;1-2/h20-23H,7-19H2,1-6H3;3H2,1-2H3;1-2H3. The molecule has 0 aliphatic rings. The summed E-state index contributed by atoms with van der Waals surface area (Å²) in [5.74, 6) is 3.84. The van der Waals surface area contributed by atoms with Crippen LogP contribution in [0, 0.1) is 23.7 Å². The molecular formula is C28H62. The fourth-order valence-corrected chi connectivity index (χ4v) is 4.32. The number of unbranched alkanes of at least 4 members (excludes halogenated alkanes) is 4. The lowest BCUT2D eigenvalue weighted by atomic mass is 9.70. The summed E-state index contributed by atoms with van der Waals surface area (Å²) in [5, 5.41) is 0. The van der Waals surface area contributed by atoms with E-state index in [1.165, 1.54) is 89.9 Å². The van der Waals surface area contributed by atoms with Gasteiger partial charge in [0, 0.05) is 0 Å². The Bertz CT molecular complexity index is 206. The lowest BCUT2D eigenvalue weighted by molar-refractivity contribution is 0.146. The molecule has 0 aliphatic carbocycles. The Labute approximate surface area is 183 Å². The van der Waals surface area contributed by atoms with E-state index in [-0.39, 0.29) is 0 Å². The predicted molar refractivity (Wildman–Crippen MR) is 135 cm³/mol. The normalized spacial score (nSPS) is 10.9. The van der Waals surface area contributed by atoms with E-state index in [0.29, 0.717) is 0 Å². The molecule has 0 saturated heterocycles. The first-order chi connectivity index (χ1) is 13.5. The smallest absolute Gasteiger partial charge is 0.0355 e. The average molecular weight is 399 g/mol. The van der Waals surface area contributed by atoms with Crippen molar-refractivity contribution in [3.05, 3.63) is 0 Å². The monoisotopic (exact) mass is 398 g/mol. The van der Waals surface area contributed by atoms with Crippen molar-refractivity contribution in [1.29, 1.82) is 0 Å². The van der Waals surface area contributed by atoms with Crippen LogP contribution in [0.1, 0.15) is 159 Å². The van der Waals surface area contributed by atoms with Crippen LogP contribution in [0.5, 0.6) is 0 Å². The highest BCUT2D eigenvalue weighted by molar-refractivity contribution is 4.79. The van der Waals surface area contributed by atoms with E-state index >= 15 is 0 Å². The Balaban J connectivity index is -0.00000113. The Morgan fingerprint density at radius 3 is 0.929 bits per heavy atom. The molecule has 0 spiro atoms. The van der Waals surface area contributed by atoms with Gasteiger partial charge in [-0.25, -0.2) is 0 Å². The Kier molecular flexibility index (Phi) is 31.5. The first-order valence-electron chi connectivity index (χ1n) is 13.5. The van der Waals surface area contributed by atoms with Crippen LogP contribution in [-0.2, 0) is 0 Å². The van der Waals surface area contributed by atoms with Crippen molar-refractivity contribution in [1.82, 2.24) is 0 Å². The zero-order valence-electron chi connectivity index (χ0n) is 22.2. The van der Waals surface area contributed by atoms with Crippen LogP contribution in [0.25, 0.3) is 0 Å². The van der Waals surface area contributed by atoms with Gasteiger partial charge in [0.15, 0.2) is 0 Å². The molecule has 0 aromatic carbocycles. The van der Waals surface area contributed by atoms with Gasteiger partial charge in [-0.15, -0.1) is 0 Å². The van der Waals surface area contributed by atoms with E-state index in [9.17, 15) is 0 Å². The molecule has 0 amide bonds. The van der Waals surface area contributed by atoms with Crippen LogP contribution in [0.4, 0.5) is 0 Å². The molecule has 0 nitrogen and oxygen atoms in total. The highest BCUT2D eigenvalue weighted by Crippen LogP contribution is 2.39. The van der Waals surface area contributed by atoms with Crippen LogP contribution in [0.2, 0.25) is 0 Å². The molecular weight excluding hydrogens is 336 g/mol. The molecule has 0 N–H and O–H groups in total. The molecule has 0 radical (unpaired) electrons. The van der Waals surface area contributed by atoms with Crippen molar-refractivity contribution < 1.29 is 0 Å². The van der Waals surface area contributed by atoms with Gasteiger partial charge in [0.2, 0.25) is 0 Å².